The maximum Gasteiger partial charge on any atom is 0.573 e. The molecule has 1 atom stereocenters. The fraction of sp³-hybridized carbons (Fsp3) is 0.348. The van der Waals surface area contributed by atoms with Crippen LogP contribution < -0.4 is 10.1 Å². The van der Waals surface area contributed by atoms with E-state index in [1.54, 1.807) is 13.8 Å². The van der Waals surface area contributed by atoms with Crippen molar-refractivity contribution in [3.05, 3.63) is 59.1 Å². The van der Waals surface area contributed by atoms with E-state index < -0.39 is 35.4 Å². The normalized spacial score (nSPS) is 14.8. The first-order valence-corrected chi connectivity index (χ1v) is 10.9. The number of alkyl halides is 3. The lowest BCUT2D eigenvalue weighted by atomic mass is 9.95. The summed E-state index contributed by atoms with van der Waals surface area (Å²) in [5.74, 6) is -1.17. The number of benzene rings is 1. The summed E-state index contributed by atoms with van der Waals surface area (Å²) in [6, 6.07) is 4.79. The maximum atomic E-state index is 13.1. The summed E-state index contributed by atoms with van der Waals surface area (Å²) in [6.45, 7) is 3.22. The van der Waals surface area contributed by atoms with Gasteiger partial charge in [0.15, 0.2) is 17.3 Å². The van der Waals surface area contributed by atoms with Crippen molar-refractivity contribution in [3.63, 3.8) is 0 Å². The summed E-state index contributed by atoms with van der Waals surface area (Å²) in [7, 11) is 1.21. The van der Waals surface area contributed by atoms with Gasteiger partial charge in [0.25, 0.3) is 5.91 Å². The zero-order valence-electron chi connectivity index (χ0n) is 19.8. The smallest absolute Gasteiger partial charge is 0.464 e. The van der Waals surface area contributed by atoms with Gasteiger partial charge in [0, 0.05) is 5.56 Å². The summed E-state index contributed by atoms with van der Waals surface area (Å²) in [4.78, 5) is 37.1. The molecule has 2 aromatic heterocycles. The number of ether oxygens (including phenoxy) is 2. The molecule has 0 radical (unpaired) electrons. The SMILES string of the molecule is COC(=O)c1cnc(-n2nc(C)nc2C(C)NC(=O)c2cc(OC(F)(F)F)cc(C3(C#N)CC3)c2)cn1. The van der Waals surface area contributed by atoms with Crippen LogP contribution in [0.4, 0.5) is 13.2 Å². The second kappa shape index (κ2) is 9.49. The van der Waals surface area contributed by atoms with Crippen LogP contribution in [0.2, 0.25) is 0 Å². The van der Waals surface area contributed by atoms with Crippen LogP contribution in [0.3, 0.4) is 0 Å². The van der Waals surface area contributed by atoms with Crippen molar-refractivity contribution < 1.29 is 32.2 Å². The van der Waals surface area contributed by atoms with Crippen molar-refractivity contribution in [2.45, 2.75) is 44.5 Å². The average molecular weight is 515 g/mol. The van der Waals surface area contributed by atoms with Crippen molar-refractivity contribution in [1.29, 1.82) is 5.26 Å². The molecule has 0 aliphatic heterocycles. The Morgan fingerprint density at radius 1 is 1.22 bits per heavy atom. The lowest BCUT2D eigenvalue weighted by Gasteiger charge is -2.17. The lowest BCUT2D eigenvalue weighted by molar-refractivity contribution is -0.274. The third-order valence-electron chi connectivity index (χ3n) is 5.64. The van der Waals surface area contributed by atoms with Gasteiger partial charge in [-0.3, -0.25) is 4.79 Å². The number of carbonyl (C=O) groups is 2. The van der Waals surface area contributed by atoms with Crippen LogP contribution in [0.25, 0.3) is 5.82 Å². The van der Waals surface area contributed by atoms with E-state index in [1.807, 2.05) is 0 Å². The van der Waals surface area contributed by atoms with Gasteiger partial charge in [-0.2, -0.15) is 9.94 Å². The molecule has 37 heavy (non-hydrogen) atoms. The van der Waals surface area contributed by atoms with Crippen molar-refractivity contribution in [1.82, 2.24) is 30.0 Å². The van der Waals surface area contributed by atoms with E-state index in [2.05, 4.69) is 40.9 Å². The monoisotopic (exact) mass is 515 g/mol. The van der Waals surface area contributed by atoms with Crippen LogP contribution in [0.1, 0.15) is 63.9 Å². The van der Waals surface area contributed by atoms with Gasteiger partial charge in [0.2, 0.25) is 0 Å². The predicted octanol–water partition coefficient (Wildman–Crippen LogP) is 3.10. The third kappa shape index (κ3) is 5.50. The first-order chi connectivity index (χ1) is 17.4. The van der Waals surface area contributed by atoms with E-state index in [0.29, 0.717) is 18.7 Å². The zero-order valence-corrected chi connectivity index (χ0v) is 19.8. The quantitative estimate of drug-likeness (QED) is 0.469. The van der Waals surface area contributed by atoms with E-state index in [-0.39, 0.29) is 28.5 Å². The van der Waals surface area contributed by atoms with Crippen LogP contribution >= 0.6 is 0 Å². The van der Waals surface area contributed by atoms with Crippen LogP contribution in [0.15, 0.2) is 30.6 Å². The van der Waals surface area contributed by atoms with Gasteiger partial charge in [-0.15, -0.1) is 18.3 Å². The van der Waals surface area contributed by atoms with E-state index >= 15 is 0 Å². The number of aromatic nitrogens is 5. The number of nitrogens with zero attached hydrogens (tertiary/aromatic N) is 6. The van der Waals surface area contributed by atoms with Crippen molar-refractivity contribution in [3.8, 4) is 17.6 Å². The summed E-state index contributed by atoms with van der Waals surface area (Å²) in [6.07, 6.45) is -1.56. The van der Waals surface area contributed by atoms with Gasteiger partial charge in [-0.05, 0) is 50.5 Å². The Hall–Kier alpha value is -4.54. The molecule has 0 spiro atoms. The number of amides is 1. The number of hydrogen-bond acceptors (Lipinski definition) is 9. The molecule has 1 unspecified atom stereocenters. The van der Waals surface area contributed by atoms with Crippen LogP contribution in [0.5, 0.6) is 5.75 Å². The van der Waals surface area contributed by atoms with Gasteiger partial charge in [0.05, 0.1) is 37.0 Å². The molecular formula is C23H20F3N7O4. The molecule has 1 amide bonds. The van der Waals surface area contributed by atoms with Crippen molar-refractivity contribution in [2.24, 2.45) is 0 Å². The molecule has 0 bridgehead atoms. The summed E-state index contributed by atoms with van der Waals surface area (Å²) in [5, 5.41) is 16.4. The number of hydrogen-bond donors (Lipinski definition) is 1. The Morgan fingerprint density at radius 2 is 1.95 bits per heavy atom. The largest absolute Gasteiger partial charge is 0.573 e. The predicted molar refractivity (Wildman–Crippen MR) is 119 cm³/mol. The lowest BCUT2D eigenvalue weighted by Crippen LogP contribution is -2.29. The number of carbonyl (C=O) groups excluding carboxylic acids is 2. The Balaban J connectivity index is 1.61. The Bertz CT molecular complexity index is 1390. The van der Waals surface area contributed by atoms with E-state index in [4.69, 9.17) is 0 Å². The molecule has 1 aromatic carbocycles. The summed E-state index contributed by atoms with van der Waals surface area (Å²) >= 11 is 0. The highest BCUT2D eigenvalue weighted by atomic mass is 19.4. The molecular weight excluding hydrogens is 495 g/mol. The average Bonchev–Trinajstić information content (AvgIpc) is 3.56. The number of esters is 1. The molecule has 3 aromatic rings. The molecule has 14 heteroatoms. The second-order valence-corrected chi connectivity index (χ2v) is 8.36. The van der Waals surface area contributed by atoms with Gasteiger partial charge < -0.3 is 14.8 Å². The first-order valence-electron chi connectivity index (χ1n) is 10.9. The minimum Gasteiger partial charge on any atom is -0.464 e. The Kier molecular flexibility index (Phi) is 6.55. The molecule has 1 N–H and O–H groups in total. The summed E-state index contributed by atoms with van der Waals surface area (Å²) in [5.41, 5.74) is -0.809. The van der Waals surface area contributed by atoms with E-state index in [9.17, 15) is 28.0 Å². The van der Waals surface area contributed by atoms with Crippen LogP contribution in [-0.4, -0.2) is 50.1 Å². The fourth-order valence-corrected chi connectivity index (χ4v) is 3.65. The number of halogens is 3. The van der Waals surface area contributed by atoms with Gasteiger partial charge in [0.1, 0.15) is 11.6 Å². The van der Waals surface area contributed by atoms with E-state index in [1.165, 1.54) is 30.3 Å². The number of rotatable bonds is 7. The molecule has 1 saturated carbocycles. The Labute approximate surface area is 208 Å². The highest BCUT2D eigenvalue weighted by Gasteiger charge is 2.46. The standard InChI is InChI=1S/C23H20F3N7O4/c1-12(19-31-13(2)32-33(19)18-10-28-17(9-29-18)21(35)36-3)30-20(34)14-6-15(22(11-27)4-5-22)8-16(7-14)37-23(24,25)26/h6-10,12H,4-5H2,1-3H3,(H,30,34). The maximum absolute atomic E-state index is 13.1. The molecule has 192 valence electrons. The van der Waals surface area contributed by atoms with Crippen LogP contribution in [-0.2, 0) is 10.2 Å². The summed E-state index contributed by atoms with van der Waals surface area (Å²) < 4.78 is 48.6. The van der Waals surface area contributed by atoms with Gasteiger partial charge in [-0.1, -0.05) is 0 Å². The van der Waals surface area contributed by atoms with Crippen LogP contribution in [0, 0.1) is 18.3 Å². The number of methoxy groups -OCH3 is 1. The molecule has 1 aliphatic carbocycles. The second-order valence-electron chi connectivity index (χ2n) is 8.36. The highest BCUT2D eigenvalue weighted by molar-refractivity contribution is 5.95. The fourth-order valence-electron chi connectivity index (χ4n) is 3.65. The number of aryl methyl sites for hydroxylation is 1. The minimum absolute atomic E-state index is 0.0199. The molecule has 1 aliphatic rings. The van der Waals surface area contributed by atoms with E-state index in [0.717, 1.165) is 12.1 Å². The van der Waals surface area contributed by atoms with Crippen molar-refractivity contribution >= 4 is 11.9 Å². The molecule has 11 nitrogen and oxygen atoms in total. The highest BCUT2D eigenvalue weighted by Crippen LogP contribution is 2.48. The van der Waals surface area contributed by atoms with Gasteiger partial charge in [-0.25, -0.2) is 19.7 Å². The molecule has 1 fully saturated rings. The topological polar surface area (TPSA) is 145 Å². The van der Waals surface area contributed by atoms with Gasteiger partial charge >= 0.3 is 12.3 Å². The molecule has 4 rings (SSSR count). The third-order valence-corrected chi connectivity index (χ3v) is 5.64. The molecule has 0 saturated heterocycles. The first kappa shape index (κ1) is 25.5. The number of nitriles is 1. The minimum atomic E-state index is -4.97. The number of nitrogens with one attached hydrogen (secondary N) is 1. The Morgan fingerprint density at radius 3 is 2.51 bits per heavy atom. The molecule has 2 heterocycles. The zero-order chi connectivity index (χ0) is 27.0. The van der Waals surface area contributed by atoms with Crippen molar-refractivity contribution in [2.75, 3.05) is 7.11 Å².